The van der Waals surface area contributed by atoms with E-state index in [-0.39, 0.29) is 12.3 Å². The molecule has 0 spiro atoms. The molecule has 5 heteroatoms. The van der Waals surface area contributed by atoms with E-state index in [1.807, 2.05) is 18.2 Å². The molecular formula is C42H37N5. The standard InChI is InChI=1S/C42H37N5/c1-2-39-43-37-18-9-10-19-38(37)47(39)36-26-24-30(25-27-36)35-17-11-16-34(28-35)29-20-22-33(23-21-29)42-45-40(31-12-5-3-6-13-31)44-41(46-42)32-14-7-4-8-15-32/h3-7,9-14,16-28,39,42-43H,2,8,15H2,1H3,(H,44,45,46). The van der Waals surface area contributed by atoms with Crippen LogP contribution in [0.2, 0.25) is 0 Å². The summed E-state index contributed by atoms with van der Waals surface area (Å²) in [6.07, 6.45) is 9.43. The summed E-state index contributed by atoms with van der Waals surface area (Å²) in [5, 5.41) is 7.18. The monoisotopic (exact) mass is 611 g/mol. The maximum absolute atomic E-state index is 5.07. The van der Waals surface area contributed by atoms with Crippen molar-refractivity contribution in [3.8, 4) is 22.3 Å². The van der Waals surface area contributed by atoms with Crippen molar-refractivity contribution in [2.45, 2.75) is 38.5 Å². The molecule has 3 aliphatic rings. The molecule has 0 aromatic heterocycles. The van der Waals surface area contributed by atoms with Gasteiger partial charge in [-0.1, -0.05) is 122 Å². The number of anilines is 3. The summed E-state index contributed by atoms with van der Waals surface area (Å²) in [7, 11) is 0. The van der Waals surface area contributed by atoms with E-state index < -0.39 is 0 Å². The third-order valence-corrected chi connectivity index (χ3v) is 9.17. The first-order chi connectivity index (χ1) is 23.2. The quantitative estimate of drug-likeness (QED) is 0.193. The fourth-order valence-electron chi connectivity index (χ4n) is 6.67. The van der Waals surface area contributed by atoms with E-state index in [2.05, 4.69) is 150 Å². The SMILES string of the molecule is CCC1Nc2ccccc2N1c1ccc(-c2cccc(-c3ccc(C4N=C(C5=CC=CCC5)NC(c5ccccc5)=N4)cc3)c2)cc1. The first-order valence-electron chi connectivity index (χ1n) is 16.5. The van der Waals surface area contributed by atoms with Crippen LogP contribution in [0, 0.1) is 0 Å². The highest BCUT2D eigenvalue weighted by Gasteiger charge is 2.28. The largest absolute Gasteiger partial charge is 0.363 e. The summed E-state index contributed by atoms with van der Waals surface area (Å²) < 4.78 is 0. The Morgan fingerprint density at radius 2 is 1.36 bits per heavy atom. The molecule has 8 rings (SSSR count). The van der Waals surface area contributed by atoms with Crippen molar-refractivity contribution in [2.24, 2.45) is 9.98 Å². The first kappa shape index (κ1) is 28.8. The average Bonchev–Trinajstić information content (AvgIpc) is 3.54. The molecule has 0 radical (unpaired) electrons. The summed E-state index contributed by atoms with van der Waals surface area (Å²) in [5.74, 6) is 1.76. The van der Waals surface area contributed by atoms with Gasteiger partial charge in [-0.05, 0) is 83.0 Å². The Balaban J connectivity index is 1.05. The van der Waals surface area contributed by atoms with Crippen LogP contribution in [-0.2, 0) is 0 Å². The van der Waals surface area contributed by atoms with Gasteiger partial charge in [-0.3, -0.25) is 0 Å². The van der Waals surface area contributed by atoms with Crippen molar-refractivity contribution in [2.75, 3.05) is 10.2 Å². The lowest BCUT2D eigenvalue weighted by Gasteiger charge is -2.26. The molecule has 5 aromatic rings. The number of hydrogen-bond donors (Lipinski definition) is 2. The minimum Gasteiger partial charge on any atom is -0.363 e. The molecule has 0 saturated heterocycles. The van der Waals surface area contributed by atoms with Crippen LogP contribution >= 0.6 is 0 Å². The van der Waals surface area contributed by atoms with Gasteiger partial charge in [0.15, 0.2) is 6.17 Å². The van der Waals surface area contributed by atoms with E-state index in [0.29, 0.717) is 0 Å². The van der Waals surface area contributed by atoms with E-state index in [9.17, 15) is 0 Å². The number of benzene rings is 5. The summed E-state index contributed by atoms with van der Waals surface area (Å²) in [6, 6.07) is 45.3. The molecule has 47 heavy (non-hydrogen) atoms. The van der Waals surface area contributed by atoms with Gasteiger partial charge in [-0.15, -0.1) is 0 Å². The second-order valence-electron chi connectivity index (χ2n) is 12.2. The summed E-state index contributed by atoms with van der Waals surface area (Å²) in [4.78, 5) is 12.5. The van der Waals surface area contributed by atoms with E-state index in [1.165, 1.54) is 44.9 Å². The fourth-order valence-corrected chi connectivity index (χ4v) is 6.67. The topological polar surface area (TPSA) is 52.0 Å². The number of fused-ring (bicyclic) bond motifs is 1. The lowest BCUT2D eigenvalue weighted by molar-refractivity contribution is 0.728. The minimum absolute atomic E-state index is 0.254. The van der Waals surface area contributed by atoms with E-state index in [4.69, 9.17) is 9.98 Å². The van der Waals surface area contributed by atoms with Gasteiger partial charge in [0, 0.05) is 11.3 Å². The molecule has 0 amide bonds. The maximum Gasteiger partial charge on any atom is 0.169 e. The predicted molar refractivity (Wildman–Crippen MR) is 196 cm³/mol. The zero-order chi connectivity index (χ0) is 31.6. The summed E-state index contributed by atoms with van der Waals surface area (Å²) in [6.45, 7) is 2.22. The molecule has 0 fully saturated rings. The van der Waals surface area contributed by atoms with Crippen LogP contribution in [0.4, 0.5) is 17.1 Å². The van der Waals surface area contributed by atoms with Gasteiger partial charge >= 0.3 is 0 Å². The Kier molecular flexibility index (Phi) is 7.72. The fraction of sp³-hybridized carbons (Fsp3) is 0.143. The highest BCUT2D eigenvalue weighted by molar-refractivity contribution is 6.15. The van der Waals surface area contributed by atoms with E-state index in [0.717, 1.165) is 42.1 Å². The van der Waals surface area contributed by atoms with Gasteiger partial charge in [0.1, 0.15) is 17.8 Å². The second kappa shape index (κ2) is 12.6. The van der Waals surface area contributed by atoms with Gasteiger partial charge in [0.25, 0.3) is 0 Å². The third kappa shape index (κ3) is 5.77. The average molecular weight is 612 g/mol. The molecule has 2 heterocycles. The highest BCUT2D eigenvalue weighted by atomic mass is 15.3. The zero-order valence-electron chi connectivity index (χ0n) is 26.5. The van der Waals surface area contributed by atoms with Crippen molar-refractivity contribution in [3.63, 3.8) is 0 Å². The molecule has 230 valence electrons. The lowest BCUT2D eigenvalue weighted by atomic mass is 9.97. The normalized spacial score (nSPS) is 18.4. The molecule has 2 unspecified atom stereocenters. The molecule has 0 saturated carbocycles. The number of nitrogens with zero attached hydrogens (tertiary/aromatic N) is 3. The number of para-hydroxylation sites is 2. The summed E-state index contributed by atoms with van der Waals surface area (Å²) >= 11 is 0. The molecule has 0 bridgehead atoms. The predicted octanol–water partition coefficient (Wildman–Crippen LogP) is 10.0. The Hall–Kier alpha value is -5.68. The van der Waals surface area contributed by atoms with Crippen LogP contribution in [0.15, 0.2) is 161 Å². The van der Waals surface area contributed by atoms with Gasteiger partial charge in [0.05, 0.1) is 11.4 Å². The molecule has 2 atom stereocenters. The number of hydrogen-bond acceptors (Lipinski definition) is 5. The van der Waals surface area contributed by atoms with Crippen LogP contribution in [-0.4, -0.2) is 17.8 Å². The van der Waals surface area contributed by atoms with Crippen LogP contribution in [0.3, 0.4) is 0 Å². The van der Waals surface area contributed by atoms with Crippen molar-refractivity contribution in [3.05, 3.63) is 162 Å². The van der Waals surface area contributed by atoms with Crippen LogP contribution in [0.5, 0.6) is 0 Å². The van der Waals surface area contributed by atoms with Crippen molar-refractivity contribution in [1.82, 2.24) is 5.32 Å². The lowest BCUT2D eigenvalue weighted by Crippen LogP contribution is -2.36. The summed E-state index contributed by atoms with van der Waals surface area (Å²) in [5.41, 5.74) is 11.7. The Morgan fingerprint density at radius 3 is 2.09 bits per heavy atom. The zero-order valence-corrected chi connectivity index (χ0v) is 26.5. The Labute approximate surface area is 276 Å². The van der Waals surface area contributed by atoms with Crippen molar-refractivity contribution < 1.29 is 0 Å². The maximum atomic E-state index is 5.07. The van der Waals surface area contributed by atoms with Gasteiger partial charge < -0.3 is 15.5 Å². The van der Waals surface area contributed by atoms with Gasteiger partial charge in [0.2, 0.25) is 0 Å². The van der Waals surface area contributed by atoms with Gasteiger partial charge in [-0.25, -0.2) is 9.98 Å². The minimum atomic E-state index is -0.308. The van der Waals surface area contributed by atoms with Crippen molar-refractivity contribution >= 4 is 28.7 Å². The number of rotatable bonds is 7. The molecule has 2 N–H and O–H groups in total. The molecular weight excluding hydrogens is 574 g/mol. The number of amidine groups is 2. The first-order valence-corrected chi connectivity index (χ1v) is 16.5. The Bertz CT molecular complexity index is 2020. The van der Waals surface area contributed by atoms with E-state index in [1.54, 1.807) is 0 Å². The molecule has 5 aromatic carbocycles. The number of nitrogens with one attached hydrogen (secondary N) is 2. The van der Waals surface area contributed by atoms with E-state index >= 15 is 0 Å². The Morgan fingerprint density at radius 1 is 0.681 bits per heavy atom. The van der Waals surface area contributed by atoms with Crippen LogP contribution < -0.4 is 15.5 Å². The molecule has 1 aliphatic carbocycles. The number of aliphatic imine (C=N–C) groups is 2. The van der Waals surface area contributed by atoms with Crippen molar-refractivity contribution in [1.29, 1.82) is 0 Å². The molecule has 2 aliphatic heterocycles. The third-order valence-electron chi connectivity index (χ3n) is 9.17. The van der Waals surface area contributed by atoms with Crippen LogP contribution in [0.1, 0.15) is 43.5 Å². The molecule has 5 nitrogen and oxygen atoms in total. The smallest absolute Gasteiger partial charge is 0.169 e. The second-order valence-corrected chi connectivity index (χ2v) is 12.2. The van der Waals surface area contributed by atoms with Crippen LogP contribution in [0.25, 0.3) is 22.3 Å². The highest BCUT2D eigenvalue weighted by Crippen LogP contribution is 2.41. The van der Waals surface area contributed by atoms with Gasteiger partial charge in [-0.2, -0.15) is 0 Å². The number of allylic oxidation sites excluding steroid dienone is 3.